The Kier molecular flexibility index (Phi) is 3.51. The molecule has 0 saturated heterocycles. The average molecular weight is 262 g/mol. The van der Waals surface area contributed by atoms with Crippen LogP contribution in [0.15, 0.2) is 12.1 Å². The Morgan fingerprint density at radius 3 is 2.74 bits per heavy atom. The van der Waals surface area contributed by atoms with Gasteiger partial charge in [0.05, 0.1) is 6.61 Å². The molecule has 0 spiro atoms. The average Bonchev–Trinajstić information content (AvgIpc) is 3.19. The zero-order valence-corrected chi connectivity index (χ0v) is 11.9. The summed E-state index contributed by atoms with van der Waals surface area (Å²) in [4.78, 5) is 0. The van der Waals surface area contributed by atoms with Crippen LogP contribution in [-0.4, -0.2) is 6.61 Å². The molecule has 1 aromatic carbocycles. The molecule has 3 rings (SSSR count). The smallest absolute Gasteiger partial charge is 0.165 e. The minimum atomic E-state index is -0.177. The van der Waals surface area contributed by atoms with Crippen molar-refractivity contribution in [2.45, 2.75) is 51.9 Å². The van der Waals surface area contributed by atoms with Crippen LogP contribution in [0.2, 0.25) is 0 Å². The lowest BCUT2D eigenvalue weighted by Gasteiger charge is -2.29. The van der Waals surface area contributed by atoms with Gasteiger partial charge in [0.15, 0.2) is 11.6 Å². The second kappa shape index (κ2) is 5.15. The molecule has 1 aromatic rings. The van der Waals surface area contributed by atoms with Crippen molar-refractivity contribution in [2.24, 2.45) is 11.8 Å². The maximum Gasteiger partial charge on any atom is 0.165 e. The van der Waals surface area contributed by atoms with Gasteiger partial charge in [0.1, 0.15) is 0 Å². The van der Waals surface area contributed by atoms with E-state index in [0.717, 1.165) is 6.42 Å². The first-order chi connectivity index (χ1) is 9.15. The van der Waals surface area contributed by atoms with Crippen LogP contribution in [-0.2, 0) is 6.42 Å². The van der Waals surface area contributed by atoms with Gasteiger partial charge in [0.2, 0.25) is 0 Å². The van der Waals surface area contributed by atoms with Gasteiger partial charge < -0.3 is 4.74 Å². The van der Waals surface area contributed by atoms with Crippen molar-refractivity contribution >= 4 is 0 Å². The number of benzene rings is 1. The summed E-state index contributed by atoms with van der Waals surface area (Å²) in [6, 6.07) is 3.70. The molecule has 1 unspecified atom stereocenters. The second-order valence-electron chi connectivity index (χ2n) is 6.48. The minimum Gasteiger partial charge on any atom is -0.490 e. The molecule has 0 radical (unpaired) electrons. The van der Waals surface area contributed by atoms with Crippen molar-refractivity contribution < 1.29 is 9.13 Å². The Labute approximate surface area is 115 Å². The molecular weight excluding hydrogens is 239 g/mol. The van der Waals surface area contributed by atoms with Crippen molar-refractivity contribution in [1.82, 2.24) is 0 Å². The number of rotatable bonds is 4. The third-order valence-corrected chi connectivity index (χ3v) is 4.53. The fourth-order valence-electron chi connectivity index (χ4n) is 3.14. The highest BCUT2D eigenvalue weighted by Gasteiger charge is 2.26. The second-order valence-corrected chi connectivity index (χ2v) is 6.48. The van der Waals surface area contributed by atoms with E-state index >= 15 is 0 Å². The Bertz CT molecular complexity index is 463. The first kappa shape index (κ1) is 13.0. The maximum absolute atomic E-state index is 14.1. The van der Waals surface area contributed by atoms with E-state index < -0.39 is 0 Å². The molecule has 104 valence electrons. The van der Waals surface area contributed by atoms with E-state index in [9.17, 15) is 4.39 Å². The summed E-state index contributed by atoms with van der Waals surface area (Å²) in [6.07, 6.45) is 5.89. The van der Waals surface area contributed by atoms with Crippen LogP contribution >= 0.6 is 0 Å². The van der Waals surface area contributed by atoms with Crippen molar-refractivity contribution in [3.63, 3.8) is 0 Å². The van der Waals surface area contributed by atoms with Crippen LogP contribution in [0.3, 0.4) is 0 Å². The lowest BCUT2D eigenvalue weighted by molar-refractivity contribution is 0.283. The fourth-order valence-corrected chi connectivity index (χ4v) is 3.14. The van der Waals surface area contributed by atoms with Gasteiger partial charge in [-0.2, -0.15) is 0 Å². The zero-order valence-electron chi connectivity index (χ0n) is 11.9. The lowest BCUT2D eigenvalue weighted by Crippen LogP contribution is -2.15. The highest BCUT2D eigenvalue weighted by atomic mass is 19.1. The van der Waals surface area contributed by atoms with Crippen LogP contribution in [0, 0.1) is 17.7 Å². The van der Waals surface area contributed by atoms with Crippen LogP contribution in [0.5, 0.6) is 5.75 Å². The number of hydrogen-bond acceptors (Lipinski definition) is 1. The van der Waals surface area contributed by atoms with Gasteiger partial charge in [-0.25, -0.2) is 4.39 Å². The molecule has 1 nitrogen and oxygen atoms in total. The molecule has 1 atom stereocenters. The number of aryl methyl sites for hydroxylation is 1. The number of halogens is 1. The van der Waals surface area contributed by atoms with E-state index in [1.807, 2.05) is 6.07 Å². The summed E-state index contributed by atoms with van der Waals surface area (Å²) in [7, 11) is 0. The summed E-state index contributed by atoms with van der Waals surface area (Å²) in [5.41, 5.74) is 2.52. The van der Waals surface area contributed by atoms with Gasteiger partial charge in [0.25, 0.3) is 0 Å². The van der Waals surface area contributed by atoms with Crippen molar-refractivity contribution in [2.75, 3.05) is 6.61 Å². The molecule has 2 heteroatoms. The molecule has 0 bridgehead atoms. The highest BCUT2D eigenvalue weighted by Crippen LogP contribution is 2.40. The number of ether oxygens (including phenoxy) is 1. The van der Waals surface area contributed by atoms with E-state index in [-0.39, 0.29) is 5.82 Å². The van der Waals surface area contributed by atoms with Gasteiger partial charge in [-0.3, -0.25) is 0 Å². The van der Waals surface area contributed by atoms with Crippen LogP contribution < -0.4 is 4.74 Å². The summed E-state index contributed by atoms with van der Waals surface area (Å²) in [6.45, 7) is 5.20. The summed E-state index contributed by atoms with van der Waals surface area (Å²) < 4.78 is 19.7. The van der Waals surface area contributed by atoms with Crippen molar-refractivity contribution in [3.8, 4) is 5.75 Å². The Morgan fingerprint density at radius 2 is 2.05 bits per heavy atom. The van der Waals surface area contributed by atoms with Gasteiger partial charge >= 0.3 is 0 Å². The van der Waals surface area contributed by atoms with E-state index in [0.29, 0.717) is 30.1 Å². The monoisotopic (exact) mass is 262 g/mol. The summed E-state index contributed by atoms with van der Waals surface area (Å²) in [5, 5.41) is 0. The number of fused-ring (bicyclic) bond motifs is 1. The topological polar surface area (TPSA) is 9.23 Å². The summed E-state index contributed by atoms with van der Waals surface area (Å²) in [5.74, 6) is 2.13. The molecule has 0 amide bonds. The van der Waals surface area contributed by atoms with E-state index in [2.05, 4.69) is 13.8 Å². The first-order valence-corrected chi connectivity index (χ1v) is 7.60. The van der Waals surface area contributed by atoms with Gasteiger partial charge in [0, 0.05) is 0 Å². The third kappa shape index (κ3) is 2.77. The van der Waals surface area contributed by atoms with Crippen molar-refractivity contribution in [3.05, 3.63) is 29.1 Å². The molecule has 1 fully saturated rings. The Hall–Kier alpha value is -1.05. The Morgan fingerprint density at radius 1 is 1.26 bits per heavy atom. The molecule has 2 aliphatic carbocycles. The standard InChI is InChI=1S/C17H23FO/c1-11(2)14-5-3-4-13-8-16(18)17(9-15(13)14)19-10-12-6-7-12/h8-9,11-12,14H,3-7,10H2,1-2H3. The zero-order chi connectivity index (χ0) is 13.4. The maximum atomic E-state index is 14.1. The molecule has 0 heterocycles. The first-order valence-electron chi connectivity index (χ1n) is 7.60. The fraction of sp³-hybridized carbons (Fsp3) is 0.647. The van der Waals surface area contributed by atoms with E-state index in [1.165, 1.54) is 36.8 Å². The Balaban J connectivity index is 1.86. The predicted octanol–water partition coefficient (Wildman–Crippen LogP) is 4.69. The molecular formula is C17H23FO. The van der Waals surface area contributed by atoms with E-state index in [1.54, 1.807) is 6.07 Å². The number of hydrogen-bond donors (Lipinski definition) is 0. The van der Waals surface area contributed by atoms with Crippen LogP contribution in [0.4, 0.5) is 4.39 Å². The lowest BCUT2D eigenvalue weighted by atomic mass is 9.77. The van der Waals surface area contributed by atoms with Crippen LogP contribution in [0.1, 0.15) is 56.6 Å². The molecule has 2 aliphatic rings. The van der Waals surface area contributed by atoms with Gasteiger partial charge in [-0.15, -0.1) is 0 Å². The quantitative estimate of drug-likeness (QED) is 0.765. The minimum absolute atomic E-state index is 0.177. The predicted molar refractivity (Wildman–Crippen MR) is 75.1 cm³/mol. The summed E-state index contributed by atoms with van der Waals surface area (Å²) >= 11 is 0. The largest absolute Gasteiger partial charge is 0.490 e. The van der Waals surface area contributed by atoms with E-state index in [4.69, 9.17) is 4.74 Å². The molecule has 0 N–H and O–H groups in total. The van der Waals surface area contributed by atoms with Crippen molar-refractivity contribution in [1.29, 1.82) is 0 Å². The highest BCUT2D eigenvalue weighted by molar-refractivity contribution is 5.41. The SMILES string of the molecule is CC(C)C1CCCc2cc(F)c(OCC3CC3)cc21. The van der Waals surface area contributed by atoms with Gasteiger partial charge in [-0.05, 0) is 73.1 Å². The normalized spacial score (nSPS) is 22.4. The molecule has 1 saturated carbocycles. The van der Waals surface area contributed by atoms with Crippen LogP contribution in [0.25, 0.3) is 0 Å². The molecule has 0 aromatic heterocycles. The van der Waals surface area contributed by atoms with Gasteiger partial charge in [-0.1, -0.05) is 13.8 Å². The molecule has 19 heavy (non-hydrogen) atoms. The third-order valence-electron chi connectivity index (χ3n) is 4.53. The molecule has 0 aliphatic heterocycles.